The van der Waals surface area contributed by atoms with Crippen molar-refractivity contribution in [2.45, 2.75) is 31.7 Å². The van der Waals surface area contributed by atoms with Crippen molar-refractivity contribution in [2.24, 2.45) is 16.0 Å². The molecular formula is C22H28FN5O3. The molecule has 3 aliphatic heterocycles. The molecule has 3 aliphatic rings. The highest BCUT2D eigenvalue weighted by atomic mass is 19.1. The van der Waals surface area contributed by atoms with E-state index < -0.39 is 0 Å². The van der Waals surface area contributed by atoms with Gasteiger partial charge in [-0.2, -0.15) is 5.10 Å². The van der Waals surface area contributed by atoms with E-state index in [1.165, 1.54) is 19.4 Å². The van der Waals surface area contributed by atoms with Gasteiger partial charge in [0.25, 0.3) is 5.91 Å². The Morgan fingerprint density at radius 2 is 2.13 bits per heavy atom. The molecule has 4 rings (SSSR count). The number of hydrazone groups is 1. The van der Waals surface area contributed by atoms with Crippen LogP contribution in [-0.4, -0.2) is 62.3 Å². The standard InChI is InChI=1S/C22H28FN5O3/c1-14(28-12-17(13-28)16-3-4-18(23)20(9-16)30-2)21-25-22(29)19(26-27-21)11-24-10-15-5-7-31-8-6-15/h3-4,9-11,14-15,17,26H,5-8,12-13H2,1-2H3,(H,25,27,29)/b19-11-,24-10+. The van der Waals surface area contributed by atoms with Crippen molar-refractivity contribution in [3.05, 3.63) is 41.5 Å². The molecule has 31 heavy (non-hydrogen) atoms. The normalized spacial score (nSPS) is 23.3. The van der Waals surface area contributed by atoms with E-state index in [-0.39, 0.29) is 23.5 Å². The lowest BCUT2D eigenvalue weighted by molar-refractivity contribution is -0.116. The van der Waals surface area contributed by atoms with Crippen LogP contribution in [0.4, 0.5) is 4.39 Å². The van der Waals surface area contributed by atoms with E-state index in [9.17, 15) is 9.18 Å². The summed E-state index contributed by atoms with van der Waals surface area (Å²) in [4.78, 5) is 18.9. The van der Waals surface area contributed by atoms with Gasteiger partial charge in [0.05, 0.1) is 19.4 Å². The van der Waals surface area contributed by atoms with E-state index >= 15 is 0 Å². The van der Waals surface area contributed by atoms with Crippen LogP contribution in [0.5, 0.6) is 5.75 Å². The molecular weight excluding hydrogens is 401 g/mol. The average molecular weight is 429 g/mol. The molecule has 2 saturated heterocycles. The molecule has 8 nitrogen and oxygen atoms in total. The number of amidine groups is 1. The number of nitrogens with one attached hydrogen (secondary N) is 2. The van der Waals surface area contributed by atoms with Crippen LogP contribution in [0.3, 0.4) is 0 Å². The van der Waals surface area contributed by atoms with Gasteiger partial charge >= 0.3 is 0 Å². The van der Waals surface area contributed by atoms with Gasteiger partial charge in [-0.15, -0.1) is 0 Å². The molecule has 1 aromatic rings. The fourth-order valence-corrected chi connectivity index (χ4v) is 3.92. The molecule has 3 heterocycles. The minimum atomic E-state index is -0.359. The molecule has 1 amide bonds. The lowest BCUT2D eigenvalue weighted by atomic mass is 9.89. The molecule has 0 aromatic heterocycles. The van der Waals surface area contributed by atoms with Crippen molar-refractivity contribution in [2.75, 3.05) is 33.4 Å². The fourth-order valence-electron chi connectivity index (χ4n) is 3.92. The number of aliphatic imine (C=N–C) groups is 1. The molecule has 0 spiro atoms. The summed E-state index contributed by atoms with van der Waals surface area (Å²) in [5, 5.41) is 7.19. The third-order valence-electron chi connectivity index (χ3n) is 6.05. The quantitative estimate of drug-likeness (QED) is 0.534. The number of ether oxygens (including phenoxy) is 2. The second kappa shape index (κ2) is 9.57. The predicted molar refractivity (Wildman–Crippen MR) is 116 cm³/mol. The maximum absolute atomic E-state index is 13.6. The molecule has 2 fully saturated rings. The molecule has 1 aromatic carbocycles. The molecule has 0 saturated carbocycles. The van der Waals surface area contributed by atoms with Crippen LogP contribution in [0.15, 0.2) is 40.2 Å². The van der Waals surface area contributed by atoms with Gasteiger partial charge in [0.2, 0.25) is 0 Å². The van der Waals surface area contributed by atoms with Gasteiger partial charge in [-0.25, -0.2) is 4.39 Å². The number of likely N-dealkylation sites (tertiary alicyclic amines) is 1. The van der Waals surface area contributed by atoms with Crippen LogP contribution in [0.1, 0.15) is 31.2 Å². The summed E-state index contributed by atoms with van der Waals surface area (Å²) in [6, 6.07) is 4.93. The third-order valence-corrected chi connectivity index (χ3v) is 6.05. The molecule has 9 heteroatoms. The van der Waals surface area contributed by atoms with E-state index in [1.807, 2.05) is 13.1 Å². The largest absolute Gasteiger partial charge is 0.494 e. The first-order valence-electron chi connectivity index (χ1n) is 10.6. The smallest absolute Gasteiger partial charge is 0.276 e. The number of hydrogen-bond donors (Lipinski definition) is 2. The van der Waals surface area contributed by atoms with E-state index in [0.717, 1.165) is 44.7 Å². The Labute approximate surface area is 181 Å². The second-order valence-electron chi connectivity index (χ2n) is 8.07. The maximum atomic E-state index is 13.6. The monoisotopic (exact) mass is 429 g/mol. The SMILES string of the molecule is COc1cc(C2CN(C(C)C3=NN/C(=C\N=C\C4CCOCC4)C(=O)N3)C2)ccc1F. The first-order valence-corrected chi connectivity index (χ1v) is 10.6. The maximum Gasteiger partial charge on any atom is 0.276 e. The Morgan fingerprint density at radius 1 is 1.35 bits per heavy atom. The summed E-state index contributed by atoms with van der Waals surface area (Å²) in [6.45, 7) is 5.10. The van der Waals surface area contributed by atoms with Gasteiger partial charge in [0, 0.05) is 38.4 Å². The van der Waals surface area contributed by atoms with Crippen LogP contribution >= 0.6 is 0 Å². The van der Waals surface area contributed by atoms with Gasteiger partial charge in [-0.1, -0.05) is 6.07 Å². The van der Waals surface area contributed by atoms with Gasteiger partial charge < -0.3 is 14.8 Å². The minimum absolute atomic E-state index is 0.0534. The van der Waals surface area contributed by atoms with Gasteiger partial charge in [0.1, 0.15) is 11.5 Å². The number of benzene rings is 1. The topological polar surface area (TPSA) is 87.6 Å². The first-order chi connectivity index (χ1) is 15.0. The summed E-state index contributed by atoms with van der Waals surface area (Å²) in [5.41, 5.74) is 4.18. The molecule has 1 unspecified atom stereocenters. The summed E-state index contributed by atoms with van der Waals surface area (Å²) in [5.74, 6) is 0.904. The number of halogens is 1. The van der Waals surface area contributed by atoms with Crippen molar-refractivity contribution in [1.82, 2.24) is 15.6 Å². The van der Waals surface area contributed by atoms with E-state index in [2.05, 4.69) is 25.7 Å². The highest BCUT2D eigenvalue weighted by Gasteiger charge is 2.35. The van der Waals surface area contributed by atoms with Crippen molar-refractivity contribution < 1.29 is 18.7 Å². The first kappa shape index (κ1) is 21.5. The minimum Gasteiger partial charge on any atom is -0.494 e. The number of amides is 1. The number of hydrogen-bond acceptors (Lipinski definition) is 7. The predicted octanol–water partition coefficient (Wildman–Crippen LogP) is 1.99. The second-order valence-corrected chi connectivity index (χ2v) is 8.07. The molecule has 2 N–H and O–H groups in total. The molecule has 0 bridgehead atoms. The van der Waals surface area contributed by atoms with Gasteiger partial charge in [0.15, 0.2) is 11.6 Å². The highest BCUT2D eigenvalue weighted by Crippen LogP contribution is 2.31. The number of carbonyl (C=O) groups is 1. The Bertz CT molecular complexity index is 904. The lowest BCUT2D eigenvalue weighted by Gasteiger charge is -2.44. The number of carbonyl (C=O) groups excluding carboxylic acids is 1. The van der Waals surface area contributed by atoms with Crippen molar-refractivity contribution >= 4 is 18.0 Å². The fraction of sp³-hybridized carbons (Fsp3) is 0.500. The summed E-state index contributed by atoms with van der Waals surface area (Å²) in [7, 11) is 1.47. The van der Waals surface area contributed by atoms with Gasteiger partial charge in [-0.05, 0) is 43.4 Å². The van der Waals surface area contributed by atoms with Crippen LogP contribution in [0.2, 0.25) is 0 Å². The number of nitrogens with zero attached hydrogens (tertiary/aromatic N) is 3. The van der Waals surface area contributed by atoms with Crippen molar-refractivity contribution in [1.29, 1.82) is 0 Å². The van der Waals surface area contributed by atoms with Crippen LogP contribution in [0, 0.1) is 11.7 Å². The van der Waals surface area contributed by atoms with Crippen LogP contribution in [-0.2, 0) is 9.53 Å². The average Bonchev–Trinajstić information content (AvgIpc) is 2.75. The van der Waals surface area contributed by atoms with E-state index in [0.29, 0.717) is 23.4 Å². The van der Waals surface area contributed by atoms with Gasteiger partial charge in [-0.3, -0.25) is 20.1 Å². The Morgan fingerprint density at radius 3 is 2.84 bits per heavy atom. The van der Waals surface area contributed by atoms with Crippen LogP contribution in [0.25, 0.3) is 0 Å². The Hall–Kier alpha value is -2.78. The number of methoxy groups -OCH3 is 1. The highest BCUT2D eigenvalue weighted by molar-refractivity contribution is 6.09. The van der Waals surface area contributed by atoms with Crippen LogP contribution < -0.4 is 15.5 Å². The zero-order chi connectivity index (χ0) is 21.8. The van der Waals surface area contributed by atoms with E-state index in [4.69, 9.17) is 9.47 Å². The lowest BCUT2D eigenvalue weighted by Crippen LogP contribution is -2.57. The molecule has 166 valence electrons. The zero-order valence-corrected chi connectivity index (χ0v) is 17.8. The number of rotatable bonds is 6. The summed E-state index contributed by atoms with van der Waals surface area (Å²) < 4.78 is 24.0. The zero-order valence-electron chi connectivity index (χ0n) is 17.8. The van der Waals surface area contributed by atoms with E-state index in [1.54, 1.807) is 12.1 Å². The van der Waals surface area contributed by atoms with Crippen molar-refractivity contribution in [3.8, 4) is 5.75 Å². The summed E-state index contributed by atoms with van der Waals surface area (Å²) in [6.07, 6.45) is 5.29. The molecule has 1 atom stereocenters. The van der Waals surface area contributed by atoms with Crippen molar-refractivity contribution in [3.63, 3.8) is 0 Å². The molecule has 0 aliphatic carbocycles. The summed E-state index contributed by atoms with van der Waals surface area (Å²) >= 11 is 0. The Kier molecular flexibility index (Phi) is 6.62. The molecule has 0 radical (unpaired) electrons. The Balaban J connectivity index is 1.31. The third kappa shape index (κ3) is 4.94.